The SMILES string of the molecule is CCNC(C#N)c1ccc(Cl)c(Cl)c1.Cl. The van der Waals surface area contributed by atoms with Gasteiger partial charge in [-0.15, -0.1) is 12.4 Å². The zero-order chi connectivity index (χ0) is 10.6. The smallest absolute Gasteiger partial charge is 0.121 e. The summed E-state index contributed by atoms with van der Waals surface area (Å²) in [6, 6.07) is 7.03. The van der Waals surface area contributed by atoms with E-state index < -0.39 is 0 Å². The summed E-state index contributed by atoms with van der Waals surface area (Å²) in [6.45, 7) is 2.68. The van der Waals surface area contributed by atoms with Crippen LogP contribution < -0.4 is 5.32 Å². The van der Waals surface area contributed by atoms with Crippen LogP contribution in [0.5, 0.6) is 0 Å². The van der Waals surface area contributed by atoms with Crippen molar-refractivity contribution in [1.29, 1.82) is 5.26 Å². The Hall–Kier alpha value is -0.460. The first-order valence-corrected chi connectivity index (χ1v) is 5.02. The molecule has 0 fully saturated rings. The van der Waals surface area contributed by atoms with Gasteiger partial charge in [-0.3, -0.25) is 5.32 Å². The summed E-state index contributed by atoms with van der Waals surface area (Å²) in [5.41, 5.74) is 0.837. The molecule has 15 heavy (non-hydrogen) atoms. The zero-order valence-electron chi connectivity index (χ0n) is 8.13. The van der Waals surface area contributed by atoms with Crippen molar-refractivity contribution in [2.24, 2.45) is 0 Å². The molecule has 0 spiro atoms. The highest BCUT2D eigenvalue weighted by atomic mass is 35.5. The van der Waals surface area contributed by atoms with Crippen LogP contribution in [0.3, 0.4) is 0 Å². The molecule has 1 unspecified atom stereocenters. The first-order chi connectivity index (χ1) is 6.69. The Balaban J connectivity index is 0.00000196. The van der Waals surface area contributed by atoms with Gasteiger partial charge in [0, 0.05) is 0 Å². The number of nitrogens with one attached hydrogen (secondary N) is 1. The van der Waals surface area contributed by atoms with Crippen molar-refractivity contribution in [3.8, 4) is 6.07 Å². The predicted molar refractivity (Wildman–Crippen MR) is 65.7 cm³/mol. The van der Waals surface area contributed by atoms with Crippen LogP contribution in [0.1, 0.15) is 18.5 Å². The summed E-state index contributed by atoms with van der Waals surface area (Å²) >= 11 is 11.6. The maximum absolute atomic E-state index is 8.88. The highest BCUT2D eigenvalue weighted by Crippen LogP contribution is 2.25. The van der Waals surface area contributed by atoms with E-state index in [1.54, 1.807) is 18.2 Å². The van der Waals surface area contributed by atoms with Crippen molar-refractivity contribution in [2.45, 2.75) is 13.0 Å². The molecule has 0 saturated heterocycles. The second-order valence-corrected chi connectivity index (χ2v) is 3.61. The molecular weight excluding hydrogens is 254 g/mol. The van der Waals surface area contributed by atoms with Crippen LogP contribution in [0, 0.1) is 11.3 Å². The largest absolute Gasteiger partial charge is 0.298 e. The molecule has 1 aromatic carbocycles. The number of hydrogen-bond donors (Lipinski definition) is 1. The summed E-state index contributed by atoms with van der Waals surface area (Å²) in [5, 5.41) is 12.9. The number of nitrogens with zero attached hydrogens (tertiary/aromatic N) is 1. The van der Waals surface area contributed by atoms with E-state index in [2.05, 4.69) is 11.4 Å². The van der Waals surface area contributed by atoms with E-state index in [1.165, 1.54) is 0 Å². The van der Waals surface area contributed by atoms with Crippen molar-refractivity contribution >= 4 is 35.6 Å². The maximum atomic E-state index is 8.88. The molecule has 2 nitrogen and oxygen atoms in total. The van der Waals surface area contributed by atoms with Gasteiger partial charge >= 0.3 is 0 Å². The van der Waals surface area contributed by atoms with Crippen molar-refractivity contribution in [2.75, 3.05) is 6.54 Å². The van der Waals surface area contributed by atoms with Gasteiger partial charge in [-0.25, -0.2) is 0 Å². The average Bonchev–Trinajstić information content (AvgIpc) is 2.19. The minimum atomic E-state index is -0.324. The molecule has 82 valence electrons. The number of hydrogen-bond acceptors (Lipinski definition) is 2. The van der Waals surface area contributed by atoms with Gasteiger partial charge in [0.05, 0.1) is 16.1 Å². The van der Waals surface area contributed by atoms with Crippen LogP contribution in [0.25, 0.3) is 0 Å². The van der Waals surface area contributed by atoms with Crippen molar-refractivity contribution in [3.63, 3.8) is 0 Å². The van der Waals surface area contributed by atoms with Gasteiger partial charge in [0.15, 0.2) is 0 Å². The normalized spacial score (nSPS) is 11.3. The fourth-order valence-electron chi connectivity index (χ4n) is 1.13. The van der Waals surface area contributed by atoms with Gasteiger partial charge in [-0.1, -0.05) is 36.2 Å². The van der Waals surface area contributed by atoms with E-state index in [4.69, 9.17) is 28.5 Å². The van der Waals surface area contributed by atoms with Gasteiger partial charge in [0.2, 0.25) is 0 Å². The van der Waals surface area contributed by atoms with Crippen LogP contribution in [-0.4, -0.2) is 6.54 Å². The third kappa shape index (κ3) is 3.89. The summed E-state index contributed by atoms with van der Waals surface area (Å²) in [4.78, 5) is 0. The molecule has 1 atom stereocenters. The average molecular weight is 266 g/mol. The lowest BCUT2D eigenvalue weighted by Crippen LogP contribution is -2.19. The van der Waals surface area contributed by atoms with Crippen LogP contribution in [-0.2, 0) is 0 Å². The molecule has 0 amide bonds. The molecule has 0 aliphatic rings. The topological polar surface area (TPSA) is 35.8 Å². The molecule has 0 bridgehead atoms. The minimum absolute atomic E-state index is 0. The molecule has 0 aliphatic carbocycles. The van der Waals surface area contributed by atoms with E-state index in [0.29, 0.717) is 10.0 Å². The first-order valence-electron chi connectivity index (χ1n) is 4.27. The van der Waals surface area contributed by atoms with Crippen LogP contribution in [0.2, 0.25) is 10.0 Å². The molecular formula is C10H11Cl3N2. The fraction of sp³-hybridized carbons (Fsp3) is 0.300. The summed E-state index contributed by atoms with van der Waals surface area (Å²) in [5.74, 6) is 0. The van der Waals surface area contributed by atoms with E-state index in [1.807, 2.05) is 6.92 Å². The molecule has 0 heterocycles. The Morgan fingerprint density at radius 2 is 2.07 bits per heavy atom. The molecule has 5 heteroatoms. The number of nitriles is 1. The van der Waals surface area contributed by atoms with Crippen LogP contribution >= 0.6 is 35.6 Å². The zero-order valence-corrected chi connectivity index (χ0v) is 10.5. The molecule has 0 radical (unpaired) electrons. The van der Waals surface area contributed by atoms with Gasteiger partial charge in [0.25, 0.3) is 0 Å². The van der Waals surface area contributed by atoms with Gasteiger partial charge < -0.3 is 0 Å². The van der Waals surface area contributed by atoms with E-state index in [0.717, 1.165) is 12.1 Å². The van der Waals surface area contributed by atoms with Gasteiger partial charge in [0.1, 0.15) is 6.04 Å². The number of halogens is 3. The molecule has 1 rings (SSSR count). The third-order valence-electron chi connectivity index (χ3n) is 1.81. The van der Waals surface area contributed by atoms with Gasteiger partial charge in [-0.2, -0.15) is 5.26 Å². The lowest BCUT2D eigenvalue weighted by Gasteiger charge is -2.10. The lowest BCUT2D eigenvalue weighted by atomic mass is 10.1. The van der Waals surface area contributed by atoms with Crippen molar-refractivity contribution in [1.82, 2.24) is 5.32 Å². The van der Waals surface area contributed by atoms with Crippen LogP contribution in [0.15, 0.2) is 18.2 Å². The standard InChI is InChI=1S/C10H10Cl2N2.ClH/c1-2-14-10(6-13)7-3-4-8(11)9(12)5-7;/h3-5,10,14H,2H2,1H3;1H. The summed E-state index contributed by atoms with van der Waals surface area (Å²) in [7, 11) is 0. The van der Waals surface area contributed by atoms with E-state index in [-0.39, 0.29) is 18.4 Å². The van der Waals surface area contributed by atoms with Crippen molar-refractivity contribution in [3.05, 3.63) is 33.8 Å². The highest BCUT2D eigenvalue weighted by Gasteiger charge is 2.09. The quantitative estimate of drug-likeness (QED) is 0.906. The Morgan fingerprint density at radius 1 is 1.40 bits per heavy atom. The summed E-state index contributed by atoms with van der Waals surface area (Å²) < 4.78 is 0. The Morgan fingerprint density at radius 3 is 2.53 bits per heavy atom. The number of rotatable bonds is 3. The third-order valence-corrected chi connectivity index (χ3v) is 2.55. The maximum Gasteiger partial charge on any atom is 0.121 e. The minimum Gasteiger partial charge on any atom is -0.298 e. The molecule has 0 aliphatic heterocycles. The van der Waals surface area contributed by atoms with E-state index >= 15 is 0 Å². The number of benzene rings is 1. The Kier molecular flexibility index (Phi) is 6.71. The Bertz CT molecular complexity index is 360. The molecule has 1 N–H and O–H groups in total. The predicted octanol–water partition coefficient (Wildman–Crippen LogP) is 3.59. The second-order valence-electron chi connectivity index (χ2n) is 2.79. The molecule has 0 aromatic heterocycles. The monoisotopic (exact) mass is 264 g/mol. The lowest BCUT2D eigenvalue weighted by molar-refractivity contribution is 0.658. The second kappa shape index (κ2) is 6.92. The Labute approximate surface area is 106 Å². The first kappa shape index (κ1) is 14.5. The van der Waals surface area contributed by atoms with Crippen LogP contribution in [0.4, 0.5) is 0 Å². The van der Waals surface area contributed by atoms with Crippen molar-refractivity contribution < 1.29 is 0 Å². The highest BCUT2D eigenvalue weighted by molar-refractivity contribution is 6.42. The fourth-order valence-corrected chi connectivity index (χ4v) is 1.44. The van der Waals surface area contributed by atoms with E-state index in [9.17, 15) is 0 Å². The molecule has 1 aromatic rings. The van der Waals surface area contributed by atoms with Gasteiger partial charge in [-0.05, 0) is 24.2 Å². The molecule has 0 saturated carbocycles. The summed E-state index contributed by atoms with van der Waals surface area (Å²) in [6.07, 6.45) is 0.